The van der Waals surface area contributed by atoms with Crippen LogP contribution in [-0.2, 0) is 0 Å². The summed E-state index contributed by atoms with van der Waals surface area (Å²) in [6.07, 6.45) is 0. The molecular formula is C14H24N2O2. The first-order chi connectivity index (χ1) is 8.58. The van der Waals surface area contributed by atoms with Gasteiger partial charge in [-0.25, -0.2) is 0 Å². The summed E-state index contributed by atoms with van der Waals surface area (Å²) in [6, 6.07) is 4.47. The highest BCUT2D eigenvalue weighted by Gasteiger charge is 2.07. The molecule has 102 valence electrons. The van der Waals surface area contributed by atoms with Crippen LogP contribution in [0.3, 0.4) is 0 Å². The number of methoxy groups -OCH3 is 2. The number of nitrogens with one attached hydrogen (secondary N) is 2. The predicted molar refractivity (Wildman–Crippen MR) is 75.9 cm³/mol. The molecule has 1 rings (SSSR count). The Labute approximate surface area is 110 Å². The second-order valence-electron chi connectivity index (χ2n) is 4.56. The Kier molecular flexibility index (Phi) is 5.78. The molecule has 0 fully saturated rings. The Morgan fingerprint density at radius 3 is 2.22 bits per heavy atom. The van der Waals surface area contributed by atoms with Crippen molar-refractivity contribution in [1.29, 1.82) is 0 Å². The predicted octanol–water partition coefficient (Wildman–Crippen LogP) is 2.42. The minimum absolute atomic E-state index is 0.512. The van der Waals surface area contributed by atoms with Gasteiger partial charge in [-0.3, -0.25) is 0 Å². The van der Waals surface area contributed by atoms with E-state index in [0.29, 0.717) is 6.04 Å². The Morgan fingerprint density at radius 2 is 1.67 bits per heavy atom. The molecule has 0 atom stereocenters. The van der Waals surface area contributed by atoms with Gasteiger partial charge in [-0.05, 0) is 18.6 Å². The number of ether oxygens (including phenoxy) is 2. The first kappa shape index (κ1) is 14.6. The molecule has 0 amide bonds. The van der Waals surface area contributed by atoms with Crippen molar-refractivity contribution in [2.75, 3.05) is 32.6 Å². The summed E-state index contributed by atoms with van der Waals surface area (Å²) in [5.74, 6) is 1.52. The highest BCUT2D eigenvalue weighted by molar-refractivity contribution is 5.60. The van der Waals surface area contributed by atoms with E-state index in [4.69, 9.17) is 9.47 Å². The van der Waals surface area contributed by atoms with E-state index >= 15 is 0 Å². The minimum Gasteiger partial charge on any atom is -0.493 e. The van der Waals surface area contributed by atoms with Gasteiger partial charge in [0.15, 0.2) is 11.5 Å². The first-order valence-electron chi connectivity index (χ1n) is 6.28. The standard InChI is InChI=1S/C14H24N2O2/c1-10(2)15-6-7-16-12-9-14(18-5)13(17-4)8-11(12)3/h8-10,15-16H,6-7H2,1-5H3. The fourth-order valence-corrected chi connectivity index (χ4v) is 1.73. The van der Waals surface area contributed by atoms with E-state index in [1.54, 1.807) is 14.2 Å². The number of aryl methyl sites for hydroxylation is 1. The Hall–Kier alpha value is -1.42. The molecule has 2 N–H and O–H groups in total. The summed E-state index contributed by atoms with van der Waals surface area (Å²) in [5.41, 5.74) is 2.23. The average Bonchev–Trinajstić information content (AvgIpc) is 2.35. The molecule has 0 radical (unpaired) electrons. The normalized spacial score (nSPS) is 10.6. The van der Waals surface area contributed by atoms with Crippen molar-refractivity contribution in [2.45, 2.75) is 26.8 Å². The molecule has 0 heterocycles. The minimum atomic E-state index is 0.512. The highest BCUT2D eigenvalue weighted by Crippen LogP contribution is 2.32. The maximum Gasteiger partial charge on any atom is 0.162 e. The molecule has 0 unspecified atom stereocenters. The lowest BCUT2D eigenvalue weighted by molar-refractivity contribution is 0.355. The molecule has 1 aromatic rings. The molecule has 0 aliphatic rings. The molecule has 0 aliphatic heterocycles. The maximum atomic E-state index is 5.30. The molecule has 0 aromatic heterocycles. The van der Waals surface area contributed by atoms with Crippen LogP contribution in [0.2, 0.25) is 0 Å². The van der Waals surface area contributed by atoms with E-state index in [1.807, 2.05) is 12.1 Å². The van der Waals surface area contributed by atoms with E-state index in [2.05, 4.69) is 31.4 Å². The third-order valence-electron chi connectivity index (χ3n) is 2.72. The monoisotopic (exact) mass is 252 g/mol. The van der Waals surface area contributed by atoms with E-state index in [-0.39, 0.29) is 0 Å². The van der Waals surface area contributed by atoms with Gasteiger partial charge in [0.05, 0.1) is 14.2 Å². The summed E-state index contributed by atoms with van der Waals surface area (Å²) in [7, 11) is 3.30. The summed E-state index contributed by atoms with van der Waals surface area (Å²) < 4.78 is 10.6. The van der Waals surface area contributed by atoms with Crippen LogP contribution in [-0.4, -0.2) is 33.4 Å². The van der Waals surface area contributed by atoms with Gasteiger partial charge in [0.2, 0.25) is 0 Å². The lowest BCUT2D eigenvalue weighted by atomic mass is 10.1. The van der Waals surface area contributed by atoms with Crippen LogP contribution >= 0.6 is 0 Å². The van der Waals surface area contributed by atoms with E-state index in [1.165, 1.54) is 0 Å². The fraction of sp³-hybridized carbons (Fsp3) is 0.571. The van der Waals surface area contributed by atoms with Gasteiger partial charge in [-0.2, -0.15) is 0 Å². The first-order valence-corrected chi connectivity index (χ1v) is 6.28. The number of rotatable bonds is 7. The second-order valence-corrected chi connectivity index (χ2v) is 4.56. The lowest BCUT2D eigenvalue weighted by Crippen LogP contribution is -2.28. The van der Waals surface area contributed by atoms with Gasteiger partial charge < -0.3 is 20.1 Å². The summed E-state index contributed by atoms with van der Waals surface area (Å²) >= 11 is 0. The molecule has 0 spiro atoms. The fourth-order valence-electron chi connectivity index (χ4n) is 1.73. The van der Waals surface area contributed by atoms with Crippen LogP contribution in [0, 0.1) is 6.92 Å². The third-order valence-corrected chi connectivity index (χ3v) is 2.72. The van der Waals surface area contributed by atoms with Crippen LogP contribution in [0.4, 0.5) is 5.69 Å². The molecular weight excluding hydrogens is 228 g/mol. The van der Waals surface area contributed by atoms with E-state index in [0.717, 1.165) is 35.8 Å². The molecule has 0 saturated heterocycles. The zero-order valence-corrected chi connectivity index (χ0v) is 12.0. The molecule has 0 aliphatic carbocycles. The largest absolute Gasteiger partial charge is 0.493 e. The van der Waals surface area contributed by atoms with E-state index in [9.17, 15) is 0 Å². The number of hydrogen-bond acceptors (Lipinski definition) is 4. The SMILES string of the molecule is COc1cc(C)c(NCCNC(C)C)cc1OC. The molecule has 0 bridgehead atoms. The third kappa shape index (κ3) is 4.11. The average molecular weight is 252 g/mol. The zero-order chi connectivity index (χ0) is 13.5. The van der Waals surface area contributed by atoms with Crippen molar-refractivity contribution in [3.05, 3.63) is 17.7 Å². The highest BCUT2D eigenvalue weighted by atomic mass is 16.5. The lowest BCUT2D eigenvalue weighted by Gasteiger charge is -2.15. The van der Waals surface area contributed by atoms with Gasteiger partial charge >= 0.3 is 0 Å². The molecule has 1 aromatic carbocycles. The van der Waals surface area contributed by atoms with Crippen molar-refractivity contribution < 1.29 is 9.47 Å². The van der Waals surface area contributed by atoms with Crippen LogP contribution in [0.15, 0.2) is 12.1 Å². The van der Waals surface area contributed by atoms with Gasteiger partial charge in [0.1, 0.15) is 0 Å². The van der Waals surface area contributed by atoms with Crippen molar-refractivity contribution in [3.8, 4) is 11.5 Å². The smallest absolute Gasteiger partial charge is 0.162 e. The Balaban J connectivity index is 2.65. The number of anilines is 1. The second kappa shape index (κ2) is 7.11. The van der Waals surface area contributed by atoms with Gasteiger partial charge in [0.25, 0.3) is 0 Å². The van der Waals surface area contributed by atoms with Crippen LogP contribution < -0.4 is 20.1 Å². The summed E-state index contributed by atoms with van der Waals surface area (Å²) in [6.45, 7) is 8.16. The van der Waals surface area contributed by atoms with Gasteiger partial charge in [0, 0.05) is 30.9 Å². The van der Waals surface area contributed by atoms with Crippen molar-refractivity contribution >= 4 is 5.69 Å². The maximum absolute atomic E-state index is 5.30. The van der Waals surface area contributed by atoms with Crippen molar-refractivity contribution in [3.63, 3.8) is 0 Å². The number of hydrogen-bond donors (Lipinski definition) is 2. The molecule has 0 saturated carbocycles. The topological polar surface area (TPSA) is 42.5 Å². The molecule has 4 nitrogen and oxygen atoms in total. The Bertz CT molecular complexity index is 378. The van der Waals surface area contributed by atoms with Gasteiger partial charge in [-0.1, -0.05) is 13.8 Å². The number of benzene rings is 1. The van der Waals surface area contributed by atoms with Crippen LogP contribution in [0.25, 0.3) is 0 Å². The zero-order valence-electron chi connectivity index (χ0n) is 12.0. The van der Waals surface area contributed by atoms with Gasteiger partial charge in [-0.15, -0.1) is 0 Å². The molecule has 18 heavy (non-hydrogen) atoms. The summed E-state index contributed by atoms with van der Waals surface area (Å²) in [5, 5.41) is 6.76. The molecule has 4 heteroatoms. The van der Waals surface area contributed by atoms with Crippen LogP contribution in [0.5, 0.6) is 11.5 Å². The van der Waals surface area contributed by atoms with Crippen molar-refractivity contribution in [1.82, 2.24) is 5.32 Å². The summed E-state index contributed by atoms with van der Waals surface area (Å²) in [4.78, 5) is 0. The Morgan fingerprint density at radius 1 is 1.06 bits per heavy atom. The quantitative estimate of drug-likeness (QED) is 0.731. The van der Waals surface area contributed by atoms with Crippen molar-refractivity contribution in [2.24, 2.45) is 0 Å². The van der Waals surface area contributed by atoms with Crippen LogP contribution in [0.1, 0.15) is 19.4 Å². The van der Waals surface area contributed by atoms with E-state index < -0.39 is 0 Å².